The molecule has 0 heterocycles. The number of benzene rings is 1. The van der Waals surface area contributed by atoms with Gasteiger partial charge in [0.15, 0.2) is 0 Å². The van der Waals surface area contributed by atoms with Crippen LogP contribution in [0.3, 0.4) is 0 Å². The smallest absolute Gasteiger partial charge is 0.278 e. The van der Waals surface area contributed by atoms with Crippen molar-refractivity contribution < 1.29 is 4.92 Å². The molecule has 4 N–H and O–H groups in total. The minimum absolute atomic E-state index is 0.0281. The molecule has 0 saturated heterocycles. The van der Waals surface area contributed by atoms with Crippen LogP contribution in [0.4, 0.5) is 5.69 Å². The van der Waals surface area contributed by atoms with Crippen LogP contribution in [-0.4, -0.2) is 16.3 Å². The highest BCUT2D eigenvalue weighted by Crippen LogP contribution is 2.14. The fourth-order valence-corrected chi connectivity index (χ4v) is 1.01. The standard InChI is InChI=1S/C8H9N5O2S/c9-11-8(16)12-10-5-6-3-1-2-4-7(6)13(14)15/h1-5H,9H2,(H2,11,12,16)/b10-5-. The van der Waals surface area contributed by atoms with Crippen molar-refractivity contribution in [2.24, 2.45) is 10.9 Å². The molecular weight excluding hydrogens is 230 g/mol. The fourth-order valence-electron chi connectivity index (χ4n) is 0.956. The average Bonchev–Trinajstić information content (AvgIpc) is 2.29. The molecule has 1 aromatic carbocycles. The molecule has 8 heteroatoms. The van der Waals surface area contributed by atoms with Crippen LogP contribution in [0.25, 0.3) is 0 Å². The molecule has 1 aromatic rings. The van der Waals surface area contributed by atoms with E-state index >= 15 is 0 Å². The van der Waals surface area contributed by atoms with E-state index in [4.69, 9.17) is 5.84 Å². The Balaban J connectivity index is 2.80. The number of para-hydroxylation sites is 1. The Bertz CT molecular complexity index is 434. The summed E-state index contributed by atoms with van der Waals surface area (Å²) >= 11 is 4.66. The van der Waals surface area contributed by atoms with Crippen LogP contribution in [0.5, 0.6) is 0 Å². The third-order valence-corrected chi connectivity index (χ3v) is 1.84. The summed E-state index contributed by atoms with van der Waals surface area (Å²) in [6, 6.07) is 6.21. The fraction of sp³-hybridized carbons (Fsp3) is 0. The minimum atomic E-state index is -0.485. The number of hydrogen-bond acceptors (Lipinski definition) is 5. The molecule has 0 spiro atoms. The van der Waals surface area contributed by atoms with Crippen molar-refractivity contribution in [3.8, 4) is 0 Å². The molecule has 0 unspecified atom stereocenters. The Hall–Kier alpha value is -2.06. The number of hydrazone groups is 1. The van der Waals surface area contributed by atoms with Gasteiger partial charge in [0.25, 0.3) is 5.69 Å². The van der Waals surface area contributed by atoms with Crippen molar-refractivity contribution in [3.05, 3.63) is 39.9 Å². The van der Waals surface area contributed by atoms with Gasteiger partial charge in [-0.25, -0.2) is 5.84 Å². The SMILES string of the molecule is NNC(=S)N/N=C\c1ccccc1[N+](=O)[O-]. The number of thiocarbonyl (C=S) groups is 1. The highest BCUT2D eigenvalue weighted by Gasteiger charge is 2.09. The number of nitro groups is 1. The Morgan fingerprint density at radius 1 is 1.56 bits per heavy atom. The molecule has 0 amide bonds. The first-order valence-electron chi connectivity index (χ1n) is 4.18. The first kappa shape index (κ1) is 12.0. The predicted molar refractivity (Wildman–Crippen MR) is 63.7 cm³/mol. The van der Waals surface area contributed by atoms with Crippen molar-refractivity contribution in [1.29, 1.82) is 0 Å². The molecule has 0 bridgehead atoms. The lowest BCUT2D eigenvalue weighted by molar-refractivity contribution is -0.385. The van der Waals surface area contributed by atoms with Crippen LogP contribution in [0.1, 0.15) is 5.56 Å². The minimum Gasteiger partial charge on any atom is -0.300 e. The largest absolute Gasteiger partial charge is 0.300 e. The van der Waals surface area contributed by atoms with Crippen molar-refractivity contribution in [2.75, 3.05) is 0 Å². The summed E-state index contributed by atoms with van der Waals surface area (Å²) in [6.07, 6.45) is 1.29. The summed E-state index contributed by atoms with van der Waals surface area (Å²) < 4.78 is 0. The summed E-state index contributed by atoms with van der Waals surface area (Å²) in [5, 5.41) is 14.5. The van der Waals surface area contributed by atoms with E-state index in [1.165, 1.54) is 12.3 Å². The quantitative estimate of drug-likeness (QED) is 0.230. The van der Waals surface area contributed by atoms with Crippen LogP contribution >= 0.6 is 12.2 Å². The second-order valence-electron chi connectivity index (χ2n) is 2.66. The lowest BCUT2D eigenvalue weighted by Gasteiger charge is -1.99. The number of rotatable bonds is 3. The number of nitrogens with one attached hydrogen (secondary N) is 2. The van der Waals surface area contributed by atoms with Crippen LogP contribution in [0, 0.1) is 10.1 Å². The number of nitrogens with two attached hydrogens (primary N) is 1. The maximum absolute atomic E-state index is 10.6. The zero-order valence-electron chi connectivity index (χ0n) is 8.08. The first-order chi connectivity index (χ1) is 7.65. The molecule has 16 heavy (non-hydrogen) atoms. The highest BCUT2D eigenvalue weighted by atomic mass is 32.1. The normalized spacial score (nSPS) is 10.1. The summed E-state index contributed by atoms with van der Waals surface area (Å²) in [4.78, 5) is 10.2. The number of hydrazine groups is 1. The van der Waals surface area contributed by atoms with Crippen molar-refractivity contribution in [3.63, 3.8) is 0 Å². The van der Waals surface area contributed by atoms with Gasteiger partial charge in [0, 0.05) is 6.07 Å². The first-order valence-corrected chi connectivity index (χ1v) is 4.59. The molecule has 0 aliphatic rings. The molecule has 0 atom stereocenters. The van der Waals surface area contributed by atoms with Gasteiger partial charge in [0.2, 0.25) is 5.11 Å². The monoisotopic (exact) mass is 239 g/mol. The summed E-state index contributed by atoms with van der Waals surface area (Å²) in [6.45, 7) is 0. The van der Waals surface area contributed by atoms with Gasteiger partial charge in [-0.05, 0) is 18.3 Å². The molecular formula is C8H9N5O2S. The van der Waals surface area contributed by atoms with E-state index in [9.17, 15) is 10.1 Å². The molecule has 0 fully saturated rings. The number of nitro benzene ring substituents is 1. The zero-order chi connectivity index (χ0) is 12.0. The molecule has 0 aliphatic carbocycles. The van der Waals surface area contributed by atoms with E-state index in [1.807, 2.05) is 0 Å². The Labute approximate surface area is 96.4 Å². The van der Waals surface area contributed by atoms with E-state index in [2.05, 4.69) is 28.2 Å². The Morgan fingerprint density at radius 3 is 2.88 bits per heavy atom. The zero-order valence-corrected chi connectivity index (χ0v) is 8.90. The number of hydrogen-bond donors (Lipinski definition) is 3. The van der Waals surface area contributed by atoms with Crippen LogP contribution in [0.15, 0.2) is 29.4 Å². The second-order valence-corrected chi connectivity index (χ2v) is 3.07. The second kappa shape index (κ2) is 5.73. The van der Waals surface area contributed by atoms with E-state index in [-0.39, 0.29) is 10.8 Å². The molecule has 0 aliphatic heterocycles. The summed E-state index contributed by atoms with van der Waals surface area (Å²) in [5.41, 5.74) is 4.90. The van der Waals surface area contributed by atoms with Crippen LogP contribution < -0.4 is 16.7 Å². The third-order valence-electron chi connectivity index (χ3n) is 1.63. The van der Waals surface area contributed by atoms with Crippen LogP contribution in [0.2, 0.25) is 0 Å². The molecule has 0 radical (unpaired) electrons. The van der Waals surface area contributed by atoms with Gasteiger partial charge in [0.1, 0.15) is 0 Å². The summed E-state index contributed by atoms with van der Waals surface area (Å²) in [5.74, 6) is 4.99. The van der Waals surface area contributed by atoms with E-state index < -0.39 is 4.92 Å². The number of nitrogens with zero attached hydrogens (tertiary/aromatic N) is 2. The van der Waals surface area contributed by atoms with Gasteiger partial charge in [-0.1, -0.05) is 12.1 Å². The van der Waals surface area contributed by atoms with E-state index in [0.717, 1.165) is 0 Å². The summed E-state index contributed by atoms with van der Waals surface area (Å²) in [7, 11) is 0. The molecule has 1 rings (SSSR count). The van der Waals surface area contributed by atoms with Gasteiger partial charge in [-0.3, -0.25) is 21.0 Å². The van der Waals surface area contributed by atoms with E-state index in [1.54, 1.807) is 18.2 Å². The van der Waals surface area contributed by atoms with Gasteiger partial charge >= 0.3 is 0 Å². The Morgan fingerprint density at radius 2 is 2.25 bits per heavy atom. The average molecular weight is 239 g/mol. The maximum Gasteiger partial charge on any atom is 0.278 e. The molecule has 7 nitrogen and oxygen atoms in total. The third kappa shape index (κ3) is 3.26. The molecule has 0 aromatic heterocycles. The molecule has 84 valence electrons. The van der Waals surface area contributed by atoms with E-state index in [0.29, 0.717) is 5.56 Å². The van der Waals surface area contributed by atoms with Gasteiger partial charge in [-0.2, -0.15) is 5.10 Å². The van der Waals surface area contributed by atoms with Crippen molar-refractivity contribution >= 4 is 29.2 Å². The van der Waals surface area contributed by atoms with Gasteiger partial charge < -0.3 is 0 Å². The van der Waals surface area contributed by atoms with Gasteiger partial charge in [0.05, 0.1) is 16.7 Å². The van der Waals surface area contributed by atoms with Gasteiger partial charge in [-0.15, -0.1) is 0 Å². The van der Waals surface area contributed by atoms with Crippen molar-refractivity contribution in [2.45, 2.75) is 0 Å². The highest BCUT2D eigenvalue weighted by molar-refractivity contribution is 7.80. The van der Waals surface area contributed by atoms with Crippen LogP contribution in [-0.2, 0) is 0 Å². The lowest BCUT2D eigenvalue weighted by Crippen LogP contribution is -2.37. The maximum atomic E-state index is 10.6. The van der Waals surface area contributed by atoms with Crippen molar-refractivity contribution in [1.82, 2.24) is 10.9 Å². The topological polar surface area (TPSA) is 106 Å². The molecule has 0 saturated carbocycles. The predicted octanol–water partition coefficient (Wildman–Crippen LogP) is 0.267. The lowest BCUT2D eigenvalue weighted by atomic mass is 10.2. The Kier molecular flexibility index (Phi) is 4.30.